The lowest BCUT2D eigenvalue weighted by Gasteiger charge is -2.12. The van der Waals surface area contributed by atoms with Crippen molar-refractivity contribution in [3.63, 3.8) is 0 Å². The maximum absolute atomic E-state index is 11.6. The second-order valence-electron chi connectivity index (χ2n) is 4.22. The molecule has 0 atom stereocenters. The maximum atomic E-state index is 11.6. The molecule has 0 spiro atoms. The fourth-order valence-corrected chi connectivity index (χ4v) is 2.88. The fourth-order valence-electron chi connectivity index (χ4n) is 1.79. The van der Waals surface area contributed by atoms with Crippen LogP contribution in [0.1, 0.15) is 22.8 Å². The van der Waals surface area contributed by atoms with E-state index >= 15 is 0 Å². The van der Waals surface area contributed by atoms with E-state index in [4.69, 9.17) is 4.74 Å². The summed E-state index contributed by atoms with van der Waals surface area (Å²) in [6.07, 6.45) is 0. The number of rotatable bonds is 4. The summed E-state index contributed by atoms with van der Waals surface area (Å²) in [6, 6.07) is 6.38. The molecule has 0 saturated carbocycles. The molecule has 1 aliphatic rings. The molecule has 1 N–H and O–H groups in total. The number of carbonyl (C=O) groups excluding carboxylic acids is 2. The standard InChI is InChI=1S/C12H14N2O5S/c1-2-19-12(16)10-5-3-9(4-6-10)7-14-8-11(15)13-20(14,17)18/h3-6H,2,7-8H2,1H3,(H,13,15). The average molecular weight is 298 g/mol. The van der Waals surface area contributed by atoms with Crippen molar-refractivity contribution in [1.29, 1.82) is 0 Å². The van der Waals surface area contributed by atoms with Crippen LogP contribution in [0.25, 0.3) is 0 Å². The molecular weight excluding hydrogens is 284 g/mol. The highest BCUT2D eigenvalue weighted by Gasteiger charge is 2.33. The van der Waals surface area contributed by atoms with Gasteiger partial charge >= 0.3 is 16.2 Å². The first kappa shape index (κ1) is 14.5. The number of ether oxygens (including phenoxy) is 1. The molecule has 7 nitrogen and oxygen atoms in total. The van der Waals surface area contributed by atoms with Crippen LogP contribution in [0.5, 0.6) is 0 Å². The number of benzene rings is 1. The molecule has 1 aromatic carbocycles. The minimum atomic E-state index is -3.73. The second kappa shape index (κ2) is 5.59. The van der Waals surface area contributed by atoms with Crippen molar-refractivity contribution in [1.82, 2.24) is 9.03 Å². The molecule has 1 saturated heterocycles. The van der Waals surface area contributed by atoms with Gasteiger partial charge in [-0.1, -0.05) is 12.1 Å². The van der Waals surface area contributed by atoms with Gasteiger partial charge in [0.2, 0.25) is 5.91 Å². The normalized spacial score (nSPS) is 17.8. The van der Waals surface area contributed by atoms with Crippen molar-refractivity contribution in [2.75, 3.05) is 13.2 Å². The van der Waals surface area contributed by atoms with Crippen LogP contribution in [0.3, 0.4) is 0 Å². The van der Waals surface area contributed by atoms with E-state index in [1.54, 1.807) is 31.2 Å². The summed E-state index contributed by atoms with van der Waals surface area (Å²) in [4.78, 5) is 22.5. The zero-order valence-electron chi connectivity index (χ0n) is 10.8. The largest absolute Gasteiger partial charge is 0.462 e. The summed E-state index contributed by atoms with van der Waals surface area (Å²) in [7, 11) is -3.73. The lowest BCUT2D eigenvalue weighted by Crippen LogP contribution is -2.29. The Kier molecular flexibility index (Phi) is 4.05. The van der Waals surface area contributed by atoms with Gasteiger partial charge < -0.3 is 4.74 Å². The number of carbonyl (C=O) groups is 2. The lowest BCUT2D eigenvalue weighted by atomic mass is 10.1. The van der Waals surface area contributed by atoms with E-state index in [2.05, 4.69) is 0 Å². The van der Waals surface area contributed by atoms with E-state index in [1.165, 1.54) is 0 Å². The molecule has 1 heterocycles. The topological polar surface area (TPSA) is 92.8 Å². The number of hydrogen-bond donors (Lipinski definition) is 1. The number of nitrogens with zero attached hydrogens (tertiary/aromatic N) is 1. The van der Waals surface area contributed by atoms with Crippen LogP contribution in [-0.4, -0.2) is 37.8 Å². The van der Waals surface area contributed by atoms with Crippen LogP contribution in [0.2, 0.25) is 0 Å². The van der Waals surface area contributed by atoms with Gasteiger partial charge in [-0.05, 0) is 24.6 Å². The van der Waals surface area contributed by atoms with Crippen LogP contribution in [0.4, 0.5) is 0 Å². The monoisotopic (exact) mass is 298 g/mol. The van der Waals surface area contributed by atoms with E-state index in [0.717, 1.165) is 4.31 Å². The maximum Gasteiger partial charge on any atom is 0.338 e. The molecular formula is C12H14N2O5S. The van der Waals surface area contributed by atoms with E-state index in [9.17, 15) is 18.0 Å². The van der Waals surface area contributed by atoms with Gasteiger partial charge in [0.15, 0.2) is 0 Å². The molecule has 8 heteroatoms. The Morgan fingerprint density at radius 1 is 1.35 bits per heavy atom. The first-order valence-electron chi connectivity index (χ1n) is 5.99. The molecule has 0 bridgehead atoms. The van der Waals surface area contributed by atoms with E-state index < -0.39 is 22.1 Å². The quantitative estimate of drug-likeness (QED) is 0.792. The summed E-state index contributed by atoms with van der Waals surface area (Å²) in [5, 5.41) is 0. The van der Waals surface area contributed by atoms with Gasteiger partial charge in [-0.25, -0.2) is 9.52 Å². The van der Waals surface area contributed by atoms with Crippen LogP contribution < -0.4 is 4.72 Å². The molecule has 108 valence electrons. The zero-order valence-corrected chi connectivity index (χ0v) is 11.6. The van der Waals surface area contributed by atoms with Gasteiger partial charge in [0.05, 0.1) is 18.7 Å². The SMILES string of the molecule is CCOC(=O)c1ccc(CN2CC(=O)NS2(=O)=O)cc1. The van der Waals surface area contributed by atoms with Crippen molar-refractivity contribution >= 4 is 22.1 Å². The molecule has 1 fully saturated rings. The number of hydrogen-bond acceptors (Lipinski definition) is 5. The van der Waals surface area contributed by atoms with Gasteiger partial charge in [0, 0.05) is 6.54 Å². The Labute approximate surface area is 116 Å². The number of amides is 1. The van der Waals surface area contributed by atoms with Gasteiger partial charge in [0.1, 0.15) is 0 Å². The second-order valence-corrected chi connectivity index (χ2v) is 5.89. The summed E-state index contributed by atoms with van der Waals surface area (Å²) in [5.41, 5.74) is 1.08. The van der Waals surface area contributed by atoms with E-state index in [-0.39, 0.29) is 13.1 Å². The van der Waals surface area contributed by atoms with Crippen LogP contribution in [0, 0.1) is 0 Å². The molecule has 0 unspecified atom stereocenters. The first-order valence-corrected chi connectivity index (χ1v) is 7.43. The van der Waals surface area contributed by atoms with Crippen molar-refractivity contribution in [3.8, 4) is 0 Å². The van der Waals surface area contributed by atoms with Crippen molar-refractivity contribution in [2.24, 2.45) is 0 Å². The van der Waals surface area contributed by atoms with Crippen molar-refractivity contribution in [3.05, 3.63) is 35.4 Å². The van der Waals surface area contributed by atoms with E-state index in [1.807, 2.05) is 4.72 Å². The Morgan fingerprint density at radius 2 is 2.00 bits per heavy atom. The first-order chi connectivity index (χ1) is 9.42. The third kappa shape index (κ3) is 3.14. The Hall–Kier alpha value is -1.93. The summed E-state index contributed by atoms with van der Waals surface area (Å²) in [5.74, 6) is -0.974. The van der Waals surface area contributed by atoms with E-state index in [0.29, 0.717) is 17.7 Å². The minimum absolute atomic E-state index is 0.0736. The third-order valence-electron chi connectivity index (χ3n) is 2.73. The van der Waals surface area contributed by atoms with Crippen LogP contribution >= 0.6 is 0 Å². The molecule has 1 aromatic rings. The molecule has 1 aliphatic heterocycles. The molecule has 20 heavy (non-hydrogen) atoms. The van der Waals surface area contributed by atoms with Gasteiger partial charge in [0.25, 0.3) is 0 Å². The van der Waals surface area contributed by atoms with Crippen molar-refractivity contribution < 1.29 is 22.7 Å². The molecule has 1 amide bonds. The Bertz CT molecular complexity index is 624. The average Bonchev–Trinajstić information content (AvgIpc) is 2.63. The highest BCUT2D eigenvalue weighted by atomic mass is 32.2. The van der Waals surface area contributed by atoms with Crippen LogP contribution in [0.15, 0.2) is 24.3 Å². The fraction of sp³-hybridized carbons (Fsp3) is 0.333. The highest BCUT2D eigenvalue weighted by Crippen LogP contribution is 2.13. The van der Waals surface area contributed by atoms with Crippen LogP contribution in [-0.2, 0) is 26.3 Å². The highest BCUT2D eigenvalue weighted by molar-refractivity contribution is 7.88. The zero-order chi connectivity index (χ0) is 14.8. The molecule has 0 aliphatic carbocycles. The predicted molar refractivity (Wildman–Crippen MR) is 69.9 cm³/mol. The number of esters is 1. The summed E-state index contributed by atoms with van der Waals surface area (Å²) < 4.78 is 30.9. The molecule has 0 radical (unpaired) electrons. The van der Waals surface area contributed by atoms with Gasteiger partial charge in [-0.3, -0.25) is 4.79 Å². The summed E-state index contributed by atoms with van der Waals surface area (Å²) >= 11 is 0. The molecule has 0 aromatic heterocycles. The third-order valence-corrected chi connectivity index (χ3v) is 4.15. The number of nitrogens with one attached hydrogen (secondary N) is 1. The summed E-state index contributed by atoms with van der Waals surface area (Å²) in [6.45, 7) is 1.89. The Morgan fingerprint density at radius 3 is 2.50 bits per heavy atom. The Balaban J connectivity index is 2.08. The smallest absolute Gasteiger partial charge is 0.338 e. The van der Waals surface area contributed by atoms with Gasteiger partial charge in [-0.2, -0.15) is 12.7 Å². The predicted octanol–water partition coefficient (Wildman–Crippen LogP) is 0.0399. The molecule has 2 rings (SSSR count). The van der Waals surface area contributed by atoms with Crippen molar-refractivity contribution in [2.45, 2.75) is 13.5 Å². The van der Waals surface area contributed by atoms with Gasteiger partial charge in [-0.15, -0.1) is 0 Å². The lowest BCUT2D eigenvalue weighted by molar-refractivity contribution is -0.118. The minimum Gasteiger partial charge on any atom is -0.462 e.